The smallest absolute Gasteiger partial charge is 0.329 e. The molecule has 3 N–H and O–H groups in total. The Kier molecular flexibility index (Phi) is 16.9. The number of carbonyl (C=O) groups excluding carboxylic acids is 7. The number of amides is 5. The minimum atomic E-state index is -1.35. The van der Waals surface area contributed by atoms with Gasteiger partial charge in [0.05, 0.1) is 5.41 Å². The summed E-state index contributed by atoms with van der Waals surface area (Å²) in [6.45, 7) is 19.2. The second-order valence-corrected chi connectivity index (χ2v) is 17.0. The molecular formula is C43H65N5O9. The number of cyclic esters (lactones) is 2. The van der Waals surface area contributed by atoms with Gasteiger partial charge in [0.15, 0.2) is 6.10 Å². The molecule has 0 aliphatic carbocycles. The molecule has 3 rings (SSSR count). The van der Waals surface area contributed by atoms with Crippen molar-refractivity contribution in [3.63, 3.8) is 0 Å². The van der Waals surface area contributed by atoms with Gasteiger partial charge in [-0.25, -0.2) is 9.59 Å². The zero-order valence-corrected chi connectivity index (χ0v) is 35.5. The maximum atomic E-state index is 14.4. The van der Waals surface area contributed by atoms with Crippen LogP contribution in [-0.2, 0) is 49.5 Å². The van der Waals surface area contributed by atoms with E-state index in [-0.39, 0.29) is 19.4 Å². The molecule has 2 saturated heterocycles. The first-order chi connectivity index (χ1) is 26.7. The van der Waals surface area contributed by atoms with E-state index in [9.17, 15) is 33.6 Å². The van der Waals surface area contributed by atoms with Crippen LogP contribution < -0.4 is 16.0 Å². The molecule has 7 atom stereocenters. The Bertz CT molecular complexity index is 1610. The Morgan fingerprint density at radius 3 is 2.04 bits per heavy atom. The minimum absolute atomic E-state index is 0.0114. The fraction of sp³-hybridized carbons (Fsp3) is 0.651. The SMILES string of the molecule is C=CCCC[C@@H]1OC(=O)[C@H](C)NC(=O)[C@H](C(C)C)NC(=O)[C@@H]2CCCN2C(=O)[C@H](Cc2ccccc2)OC(=O)C(C(C)C)N(C)C(=O)[C@H](C(C)C)NC(=O)C1(C)C. The van der Waals surface area contributed by atoms with Gasteiger partial charge < -0.3 is 35.2 Å². The molecule has 2 aliphatic heterocycles. The molecule has 2 fully saturated rings. The number of rotatable bonds is 9. The van der Waals surface area contributed by atoms with Gasteiger partial charge in [-0.3, -0.25) is 24.0 Å². The third-order valence-electron chi connectivity index (χ3n) is 11.0. The van der Waals surface area contributed by atoms with Gasteiger partial charge in [-0.1, -0.05) is 78.0 Å². The maximum absolute atomic E-state index is 14.4. The van der Waals surface area contributed by atoms with Crippen molar-refractivity contribution in [3.8, 4) is 0 Å². The van der Waals surface area contributed by atoms with Crippen molar-refractivity contribution in [2.24, 2.45) is 23.2 Å². The lowest BCUT2D eigenvalue weighted by molar-refractivity contribution is -0.169. The van der Waals surface area contributed by atoms with Crippen LogP contribution in [0.5, 0.6) is 0 Å². The van der Waals surface area contributed by atoms with Crippen molar-refractivity contribution in [2.45, 2.75) is 143 Å². The predicted octanol–water partition coefficient (Wildman–Crippen LogP) is 3.71. The van der Waals surface area contributed by atoms with Gasteiger partial charge in [-0.15, -0.1) is 6.58 Å². The quantitative estimate of drug-likeness (QED) is 0.191. The first kappa shape index (κ1) is 46.6. The number of nitrogens with one attached hydrogen (secondary N) is 3. The lowest BCUT2D eigenvalue weighted by atomic mass is 9.82. The number of benzene rings is 1. The largest absolute Gasteiger partial charge is 0.460 e. The van der Waals surface area contributed by atoms with Crippen LogP contribution in [0.15, 0.2) is 43.0 Å². The molecule has 14 heteroatoms. The van der Waals surface area contributed by atoms with Crippen LogP contribution >= 0.6 is 0 Å². The lowest BCUT2D eigenvalue weighted by Gasteiger charge is -2.38. The summed E-state index contributed by atoms with van der Waals surface area (Å²) in [5.74, 6) is -5.77. The van der Waals surface area contributed by atoms with Gasteiger partial charge in [-0.2, -0.15) is 0 Å². The summed E-state index contributed by atoms with van der Waals surface area (Å²) >= 11 is 0. The average Bonchev–Trinajstić information content (AvgIpc) is 3.64. The van der Waals surface area contributed by atoms with E-state index in [4.69, 9.17) is 9.47 Å². The summed E-state index contributed by atoms with van der Waals surface area (Å²) in [7, 11) is 1.47. The highest BCUT2D eigenvalue weighted by atomic mass is 16.6. The fourth-order valence-electron chi connectivity index (χ4n) is 7.33. The number of nitrogens with zero attached hydrogens (tertiary/aromatic N) is 2. The highest BCUT2D eigenvalue weighted by molar-refractivity contribution is 5.96. The van der Waals surface area contributed by atoms with Gasteiger partial charge in [0.25, 0.3) is 5.91 Å². The molecule has 1 unspecified atom stereocenters. The molecule has 2 aliphatic rings. The van der Waals surface area contributed by atoms with Gasteiger partial charge in [0.1, 0.15) is 36.3 Å². The van der Waals surface area contributed by atoms with Crippen molar-refractivity contribution in [1.82, 2.24) is 25.8 Å². The first-order valence-corrected chi connectivity index (χ1v) is 20.3. The summed E-state index contributed by atoms with van der Waals surface area (Å²) in [5.41, 5.74) is -0.639. The number of likely N-dealkylation sites (N-methyl/N-ethyl adjacent to an activating group) is 1. The van der Waals surface area contributed by atoms with E-state index >= 15 is 0 Å². The molecule has 57 heavy (non-hydrogen) atoms. The van der Waals surface area contributed by atoms with Gasteiger partial charge in [0, 0.05) is 20.0 Å². The number of hydrogen-bond acceptors (Lipinski definition) is 9. The van der Waals surface area contributed by atoms with Crippen LogP contribution in [0.1, 0.15) is 100.0 Å². The molecule has 0 aromatic heterocycles. The zero-order chi connectivity index (χ0) is 42.8. The van der Waals surface area contributed by atoms with E-state index < -0.39 is 107 Å². The van der Waals surface area contributed by atoms with E-state index in [1.165, 1.54) is 23.8 Å². The van der Waals surface area contributed by atoms with E-state index in [0.29, 0.717) is 31.2 Å². The molecule has 0 spiro atoms. The number of unbranched alkanes of at least 4 members (excludes halogenated alkanes) is 1. The molecule has 1 aromatic rings. The molecule has 5 amide bonds. The first-order valence-electron chi connectivity index (χ1n) is 20.3. The highest BCUT2D eigenvalue weighted by Gasteiger charge is 2.45. The number of hydrogen-bond donors (Lipinski definition) is 3. The standard InChI is InChI=1S/C43H65N5O9/c1-12-13-15-22-32-43(9,10)42(55)46-34(26(4)5)39(52)47(11)35(27(6)7)41(54)56-31(24-29-19-16-14-17-20-29)38(51)48-23-18-21-30(48)36(49)45-33(25(2)3)37(50)44-28(8)40(53)57-32/h12,14,16-17,19-20,25-28,30-35H,1,13,15,18,21-24H2,2-11H3,(H,44,50)(H,45,49)(H,46,55)/t28-,30-,31-,32-,33-,34-,35?/m0/s1. The number of esters is 2. The van der Waals surface area contributed by atoms with Gasteiger partial charge in [-0.05, 0) is 76.2 Å². The number of allylic oxidation sites excluding steroid dienone is 1. The number of carbonyl (C=O) groups is 7. The third kappa shape index (κ3) is 11.9. The van der Waals surface area contributed by atoms with Crippen LogP contribution in [0.3, 0.4) is 0 Å². The normalized spacial score (nSPS) is 27.5. The Morgan fingerprint density at radius 2 is 1.46 bits per heavy atom. The second kappa shape index (κ2) is 20.6. The Hall–Kier alpha value is -4.75. The van der Waals surface area contributed by atoms with E-state index in [0.717, 1.165) is 0 Å². The van der Waals surface area contributed by atoms with Crippen molar-refractivity contribution in [3.05, 3.63) is 48.6 Å². The topological polar surface area (TPSA) is 181 Å². The summed E-state index contributed by atoms with van der Waals surface area (Å²) in [4.78, 5) is 101. The minimum Gasteiger partial charge on any atom is -0.460 e. The average molecular weight is 796 g/mol. The van der Waals surface area contributed by atoms with Crippen LogP contribution in [0.4, 0.5) is 0 Å². The third-order valence-corrected chi connectivity index (χ3v) is 11.0. The predicted molar refractivity (Wildman–Crippen MR) is 215 cm³/mol. The second-order valence-electron chi connectivity index (χ2n) is 17.0. The molecule has 0 radical (unpaired) electrons. The molecule has 316 valence electrons. The zero-order valence-electron chi connectivity index (χ0n) is 35.5. The van der Waals surface area contributed by atoms with Gasteiger partial charge in [0.2, 0.25) is 23.6 Å². The van der Waals surface area contributed by atoms with Crippen LogP contribution in [0, 0.1) is 23.2 Å². The number of ether oxygens (including phenoxy) is 2. The van der Waals surface area contributed by atoms with E-state index in [1.54, 1.807) is 85.7 Å². The van der Waals surface area contributed by atoms with Gasteiger partial charge >= 0.3 is 11.9 Å². The maximum Gasteiger partial charge on any atom is 0.329 e. The van der Waals surface area contributed by atoms with Crippen LogP contribution in [-0.4, -0.2) is 107 Å². The Balaban J connectivity index is 2.15. The van der Waals surface area contributed by atoms with E-state index in [2.05, 4.69) is 22.5 Å². The molecule has 14 nitrogen and oxygen atoms in total. The molecule has 2 heterocycles. The van der Waals surface area contributed by atoms with Crippen LogP contribution in [0.25, 0.3) is 0 Å². The highest BCUT2D eigenvalue weighted by Crippen LogP contribution is 2.30. The monoisotopic (exact) mass is 795 g/mol. The molecular weight excluding hydrogens is 730 g/mol. The lowest BCUT2D eigenvalue weighted by Crippen LogP contribution is -2.60. The van der Waals surface area contributed by atoms with Crippen LogP contribution in [0.2, 0.25) is 0 Å². The summed E-state index contributed by atoms with van der Waals surface area (Å²) in [5, 5.41) is 8.35. The Morgan fingerprint density at radius 1 is 0.825 bits per heavy atom. The van der Waals surface area contributed by atoms with Crippen molar-refractivity contribution in [1.29, 1.82) is 0 Å². The van der Waals surface area contributed by atoms with Crippen molar-refractivity contribution >= 4 is 41.5 Å². The molecule has 1 aromatic carbocycles. The molecule has 0 saturated carbocycles. The Labute approximate surface area is 338 Å². The van der Waals surface area contributed by atoms with E-state index in [1.807, 2.05) is 6.07 Å². The summed E-state index contributed by atoms with van der Waals surface area (Å²) in [6.07, 6.45) is 1.65. The summed E-state index contributed by atoms with van der Waals surface area (Å²) < 4.78 is 12.0. The summed E-state index contributed by atoms with van der Waals surface area (Å²) in [6, 6.07) is 3.62. The number of fused-ring (bicyclic) bond motifs is 1. The van der Waals surface area contributed by atoms with Crippen molar-refractivity contribution in [2.75, 3.05) is 13.6 Å². The van der Waals surface area contributed by atoms with Crippen molar-refractivity contribution < 1.29 is 43.0 Å². The molecule has 0 bridgehead atoms. The fourth-order valence-corrected chi connectivity index (χ4v) is 7.33.